The Balaban J connectivity index is 1.81. The molecule has 6 heteroatoms. The normalized spacial score (nSPS) is 18.0. The predicted molar refractivity (Wildman–Crippen MR) is 92.2 cm³/mol. The maximum atomic E-state index is 11.8. The van der Waals surface area contributed by atoms with Crippen molar-refractivity contribution in [2.24, 2.45) is 5.73 Å². The molecule has 2 aromatic heterocycles. The number of H-pyrrole nitrogens is 1. The molecular formula is C18H19N5O. The van der Waals surface area contributed by atoms with Crippen molar-refractivity contribution >= 4 is 17.1 Å². The van der Waals surface area contributed by atoms with E-state index in [2.05, 4.69) is 9.97 Å². The summed E-state index contributed by atoms with van der Waals surface area (Å²) >= 11 is 0. The fourth-order valence-corrected chi connectivity index (χ4v) is 3.48. The second-order valence-corrected chi connectivity index (χ2v) is 6.11. The van der Waals surface area contributed by atoms with E-state index in [9.17, 15) is 4.79 Å². The molecule has 3 heterocycles. The second-order valence-electron chi connectivity index (χ2n) is 6.11. The van der Waals surface area contributed by atoms with Crippen LogP contribution >= 0.6 is 0 Å². The molecule has 0 radical (unpaired) electrons. The monoisotopic (exact) mass is 321 g/mol. The van der Waals surface area contributed by atoms with Crippen molar-refractivity contribution in [2.75, 3.05) is 6.54 Å². The number of para-hydroxylation sites is 1. The molecule has 6 nitrogen and oxygen atoms in total. The van der Waals surface area contributed by atoms with Crippen molar-refractivity contribution < 1.29 is 4.79 Å². The zero-order valence-corrected chi connectivity index (χ0v) is 13.3. The molecule has 0 aliphatic carbocycles. The first-order valence-corrected chi connectivity index (χ1v) is 8.19. The Morgan fingerprint density at radius 2 is 2.17 bits per heavy atom. The second kappa shape index (κ2) is 5.96. The zero-order valence-electron chi connectivity index (χ0n) is 13.3. The summed E-state index contributed by atoms with van der Waals surface area (Å²) in [6.45, 7) is 0.705. The molecule has 1 aliphatic heterocycles. The van der Waals surface area contributed by atoms with Gasteiger partial charge in [0.2, 0.25) is 0 Å². The van der Waals surface area contributed by atoms with Crippen LogP contribution in [0.25, 0.3) is 22.4 Å². The number of likely N-dealkylation sites (tertiary alicyclic amines) is 1. The maximum absolute atomic E-state index is 11.8. The van der Waals surface area contributed by atoms with Crippen LogP contribution in [-0.4, -0.2) is 32.4 Å². The number of primary amides is 1. The number of urea groups is 1. The van der Waals surface area contributed by atoms with Crippen LogP contribution < -0.4 is 5.73 Å². The predicted octanol–water partition coefficient (Wildman–Crippen LogP) is 3.23. The number of aromatic amines is 1. The third-order valence-corrected chi connectivity index (χ3v) is 4.62. The van der Waals surface area contributed by atoms with E-state index in [4.69, 9.17) is 10.7 Å². The summed E-state index contributed by atoms with van der Waals surface area (Å²) in [6, 6.07) is 9.53. The average Bonchev–Trinajstić information content (AvgIpc) is 3.06. The van der Waals surface area contributed by atoms with Crippen LogP contribution in [0, 0.1) is 0 Å². The standard InChI is InChI=1S/C18H19N5O/c19-18(24)23-10-2-1-8-15(23)13-6-3-7-14-16(13)22-17(21-14)12-5-4-9-20-11-12/h3-7,9,11,15H,1-2,8,10H2,(H2,19,24)(H,21,22). The van der Waals surface area contributed by atoms with Crippen LogP contribution in [0.5, 0.6) is 0 Å². The van der Waals surface area contributed by atoms with Crippen LogP contribution in [0.3, 0.4) is 0 Å². The van der Waals surface area contributed by atoms with Gasteiger partial charge >= 0.3 is 6.03 Å². The molecule has 2 amide bonds. The lowest BCUT2D eigenvalue weighted by Gasteiger charge is -2.34. The lowest BCUT2D eigenvalue weighted by molar-refractivity contribution is 0.160. The number of aromatic nitrogens is 3. The molecule has 3 N–H and O–H groups in total. The van der Waals surface area contributed by atoms with E-state index in [0.717, 1.165) is 47.2 Å². The van der Waals surface area contributed by atoms with Crippen LogP contribution in [0.4, 0.5) is 4.79 Å². The van der Waals surface area contributed by atoms with E-state index >= 15 is 0 Å². The lowest BCUT2D eigenvalue weighted by Crippen LogP contribution is -2.41. The lowest BCUT2D eigenvalue weighted by atomic mass is 9.94. The molecule has 24 heavy (non-hydrogen) atoms. The molecule has 1 unspecified atom stereocenters. The summed E-state index contributed by atoms with van der Waals surface area (Å²) in [5.74, 6) is 0.784. The Labute approximate surface area is 139 Å². The van der Waals surface area contributed by atoms with Crippen molar-refractivity contribution in [2.45, 2.75) is 25.3 Å². The summed E-state index contributed by atoms with van der Waals surface area (Å²) in [5, 5.41) is 0. The van der Waals surface area contributed by atoms with Gasteiger partial charge in [0.15, 0.2) is 0 Å². The van der Waals surface area contributed by atoms with E-state index in [0.29, 0.717) is 6.54 Å². The fraction of sp³-hybridized carbons (Fsp3) is 0.278. The minimum atomic E-state index is -0.361. The number of pyridine rings is 1. The number of rotatable bonds is 2. The number of imidazole rings is 1. The molecule has 1 aromatic carbocycles. The van der Waals surface area contributed by atoms with Gasteiger partial charge < -0.3 is 15.6 Å². The van der Waals surface area contributed by atoms with E-state index in [1.807, 2.05) is 30.3 Å². The quantitative estimate of drug-likeness (QED) is 0.759. The molecule has 0 spiro atoms. The Hall–Kier alpha value is -2.89. The number of nitrogens with two attached hydrogens (primary N) is 1. The molecule has 1 aliphatic rings. The van der Waals surface area contributed by atoms with Gasteiger partial charge in [-0.15, -0.1) is 0 Å². The van der Waals surface area contributed by atoms with Gasteiger partial charge in [0.1, 0.15) is 5.82 Å². The number of amides is 2. The first-order valence-electron chi connectivity index (χ1n) is 8.19. The molecule has 0 saturated carbocycles. The number of carbonyl (C=O) groups is 1. The number of hydrogen-bond donors (Lipinski definition) is 2. The van der Waals surface area contributed by atoms with Crippen molar-refractivity contribution in [1.29, 1.82) is 0 Å². The summed E-state index contributed by atoms with van der Waals surface area (Å²) in [4.78, 5) is 25.8. The number of hydrogen-bond acceptors (Lipinski definition) is 3. The van der Waals surface area contributed by atoms with Crippen LogP contribution in [-0.2, 0) is 0 Å². The molecule has 122 valence electrons. The van der Waals surface area contributed by atoms with Gasteiger partial charge in [-0.3, -0.25) is 4.98 Å². The highest BCUT2D eigenvalue weighted by Gasteiger charge is 2.28. The SMILES string of the molecule is NC(=O)N1CCCCC1c1cccc2[nH]c(-c3cccnc3)nc12. The van der Waals surface area contributed by atoms with E-state index in [-0.39, 0.29) is 12.1 Å². The molecule has 1 atom stereocenters. The zero-order chi connectivity index (χ0) is 16.5. The van der Waals surface area contributed by atoms with Crippen molar-refractivity contribution in [1.82, 2.24) is 19.9 Å². The molecule has 1 fully saturated rings. The average molecular weight is 321 g/mol. The summed E-state index contributed by atoms with van der Waals surface area (Å²) in [5.41, 5.74) is 9.44. The third-order valence-electron chi connectivity index (χ3n) is 4.62. The number of nitrogens with one attached hydrogen (secondary N) is 1. The van der Waals surface area contributed by atoms with Gasteiger partial charge in [-0.2, -0.15) is 0 Å². The first kappa shape index (κ1) is 14.7. The number of benzene rings is 1. The fourth-order valence-electron chi connectivity index (χ4n) is 3.48. The van der Waals surface area contributed by atoms with Crippen molar-refractivity contribution in [3.05, 3.63) is 48.3 Å². The smallest absolute Gasteiger partial charge is 0.315 e. The Morgan fingerprint density at radius 3 is 2.96 bits per heavy atom. The first-order chi connectivity index (χ1) is 11.7. The van der Waals surface area contributed by atoms with E-state index < -0.39 is 0 Å². The third kappa shape index (κ3) is 2.50. The summed E-state index contributed by atoms with van der Waals surface area (Å²) in [6.07, 6.45) is 6.52. The Morgan fingerprint density at radius 1 is 1.25 bits per heavy atom. The molecule has 3 aromatic rings. The molecule has 4 rings (SSSR count). The van der Waals surface area contributed by atoms with Crippen molar-refractivity contribution in [3.8, 4) is 11.4 Å². The Bertz CT molecular complexity index is 874. The molecule has 0 bridgehead atoms. The van der Waals surface area contributed by atoms with E-state index in [1.54, 1.807) is 17.3 Å². The largest absolute Gasteiger partial charge is 0.351 e. The summed E-state index contributed by atoms with van der Waals surface area (Å²) < 4.78 is 0. The van der Waals surface area contributed by atoms with Gasteiger partial charge in [0.25, 0.3) is 0 Å². The van der Waals surface area contributed by atoms with Crippen LogP contribution in [0.2, 0.25) is 0 Å². The molecular weight excluding hydrogens is 302 g/mol. The van der Waals surface area contributed by atoms with Gasteiger partial charge in [-0.25, -0.2) is 9.78 Å². The van der Waals surface area contributed by atoms with Crippen LogP contribution in [0.1, 0.15) is 30.9 Å². The van der Waals surface area contributed by atoms with Gasteiger partial charge in [0.05, 0.1) is 17.1 Å². The molecule has 1 saturated heterocycles. The number of fused-ring (bicyclic) bond motifs is 1. The number of nitrogens with zero attached hydrogens (tertiary/aromatic N) is 3. The van der Waals surface area contributed by atoms with E-state index in [1.165, 1.54) is 0 Å². The highest BCUT2D eigenvalue weighted by molar-refractivity contribution is 5.83. The Kier molecular flexibility index (Phi) is 3.65. The topological polar surface area (TPSA) is 87.9 Å². The highest BCUT2D eigenvalue weighted by atomic mass is 16.2. The van der Waals surface area contributed by atoms with Gasteiger partial charge in [-0.1, -0.05) is 12.1 Å². The minimum Gasteiger partial charge on any atom is -0.351 e. The maximum Gasteiger partial charge on any atom is 0.315 e. The number of carbonyl (C=O) groups excluding carboxylic acids is 1. The summed E-state index contributed by atoms with van der Waals surface area (Å²) in [7, 11) is 0. The highest BCUT2D eigenvalue weighted by Crippen LogP contribution is 2.35. The van der Waals surface area contributed by atoms with Crippen molar-refractivity contribution in [3.63, 3.8) is 0 Å². The minimum absolute atomic E-state index is 0.00926. The van der Waals surface area contributed by atoms with Gasteiger partial charge in [0, 0.05) is 30.1 Å². The van der Waals surface area contributed by atoms with Gasteiger partial charge in [-0.05, 0) is 37.5 Å². The number of piperidine rings is 1. The van der Waals surface area contributed by atoms with Crippen LogP contribution in [0.15, 0.2) is 42.7 Å².